The number of hydrogen-bond acceptors (Lipinski definition) is 9. The number of imidazole rings is 1. The van der Waals surface area contributed by atoms with Crippen molar-refractivity contribution in [1.29, 1.82) is 0 Å². The highest BCUT2D eigenvalue weighted by Gasteiger charge is 2.24. The average Bonchev–Trinajstić information content (AvgIpc) is 3.54. The molecule has 0 saturated carbocycles. The Kier molecular flexibility index (Phi) is 5.67. The fourth-order valence-electron chi connectivity index (χ4n) is 4.17. The van der Waals surface area contributed by atoms with Gasteiger partial charge in [-0.15, -0.1) is 0 Å². The van der Waals surface area contributed by atoms with E-state index in [9.17, 15) is 14.4 Å². The van der Waals surface area contributed by atoms with E-state index < -0.39 is 11.2 Å². The van der Waals surface area contributed by atoms with Gasteiger partial charge in [-0.3, -0.25) is 18.7 Å². The van der Waals surface area contributed by atoms with Gasteiger partial charge >= 0.3 is 5.69 Å². The molecule has 0 N–H and O–H groups in total. The number of piperazine rings is 1. The van der Waals surface area contributed by atoms with Gasteiger partial charge in [0.1, 0.15) is 12.4 Å². The lowest BCUT2D eigenvalue weighted by molar-refractivity contribution is -0.132. The van der Waals surface area contributed by atoms with Crippen LogP contribution >= 0.6 is 0 Å². The summed E-state index contributed by atoms with van der Waals surface area (Å²) in [6.45, 7) is 4.22. The molecule has 0 atom stereocenters. The van der Waals surface area contributed by atoms with Gasteiger partial charge in [0.2, 0.25) is 17.6 Å². The van der Waals surface area contributed by atoms with E-state index in [4.69, 9.17) is 4.52 Å². The van der Waals surface area contributed by atoms with Crippen LogP contribution in [0.3, 0.4) is 0 Å². The highest BCUT2D eigenvalue weighted by atomic mass is 16.5. The molecule has 0 spiro atoms. The zero-order valence-corrected chi connectivity index (χ0v) is 19.7. The third kappa shape index (κ3) is 3.98. The molecule has 1 amide bonds. The van der Waals surface area contributed by atoms with Gasteiger partial charge in [0.15, 0.2) is 11.2 Å². The number of carbonyl (C=O) groups is 1. The summed E-state index contributed by atoms with van der Waals surface area (Å²) in [5.41, 5.74) is 0.344. The third-order valence-electron chi connectivity index (χ3n) is 6.26. The number of carbonyl (C=O) groups excluding carboxylic acids is 1. The van der Waals surface area contributed by atoms with Crippen LogP contribution in [0.5, 0.6) is 0 Å². The van der Waals surface area contributed by atoms with Gasteiger partial charge in [-0.25, -0.2) is 14.8 Å². The third-order valence-corrected chi connectivity index (χ3v) is 6.26. The smallest absolute Gasteiger partial charge is 0.332 e. The number of aromatic nitrogens is 7. The van der Waals surface area contributed by atoms with E-state index in [0.717, 1.165) is 15.9 Å². The van der Waals surface area contributed by atoms with Crippen LogP contribution in [0.1, 0.15) is 12.8 Å². The molecule has 4 aromatic heterocycles. The summed E-state index contributed by atoms with van der Waals surface area (Å²) in [6.07, 6.45) is 3.82. The predicted octanol–water partition coefficient (Wildman–Crippen LogP) is -0.210. The van der Waals surface area contributed by atoms with Crippen LogP contribution in [-0.2, 0) is 31.9 Å². The summed E-state index contributed by atoms with van der Waals surface area (Å²) in [6, 6.07) is 3.81. The number of nitrogens with zero attached hydrogens (tertiary/aromatic N) is 9. The maximum atomic E-state index is 13.0. The lowest BCUT2D eigenvalue weighted by atomic mass is 10.2. The quantitative estimate of drug-likeness (QED) is 0.381. The van der Waals surface area contributed by atoms with Gasteiger partial charge in [-0.05, 0) is 12.1 Å². The second-order valence-electron chi connectivity index (χ2n) is 8.39. The van der Waals surface area contributed by atoms with Crippen LogP contribution in [0, 0.1) is 0 Å². The highest BCUT2D eigenvalue weighted by molar-refractivity contribution is 5.79. The first-order valence-corrected chi connectivity index (χ1v) is 11.3. The highest BCUT2D eigenvalue weighted by Crippen LogP contribution is 2.20. The normalized spacial score (nSPS) is 14.1. The summed E-state index contributed by atoms with van der Waals surface area (Å²) in [4.78, 5) is 54.6. The zero-order valence-electron chi connectivity index (χ0n) is 19.7. The van der Waals surface area contributed by atoms with Crippen molar-refractivity contribution >= 4 is 22.9 Å². The Labute approximate surface area is 199 Å². The molecule has 13 nitrogen and oxygen atoms in total. The Morgan fingerprint density at radius 2 is 1.83 bits per heavy atom. The van der Waals surface area contributed by atoms with E-state index in [0.29, 0.717) is 44.3 Å². The lowest BCUT2D eigenvalue weighted by Crippen LogP contribution is -2.50. The zero-order chi connectivity index (χ0) is 24.7. The minimum atomic E-state index is -0.473. The molecule has 5 heterocycles. The minimum absolute atomic E-state index is 0.0264. The fourth-order valence-corrected chi connectivity index (χ4v) is 4.17. The number of hydrogen-bond donors (Lipinski definition) is 0. The molecule has 1 aliphatic heterocycles. The molecule has 0 aliphatic carbocycles. The summed E-state index contributed by atoms with van der Waals surface area (Å²) in [7, 11) is 2.96. The monoisotopic (exact) mass is 479 g/mol. The largest absolute Gasteiger partial charge is 0.353 e. The number of rotatable bonds is 5. The SMILES string of the molecule is CCc1nc(-c2ccc(N3CCN(C(=O)Cn4cnc5c4c(=O)n(C)c(=O)n5C)CC3)nc2)no1. The molecule has 13 heteroatoms. The van der Waals surface area contributed by atoms with Crippen molar-refractivity contribution in [2.75, 3.05) is 31.1 Å². The molecule has 0 aromatic carbocycles. The Bertz CT molecular complexity index is 1500. The summed E-state index contributed by atoms with van der Waals surface area (Å²) >= 11 is 0. The molecule has 5 rings (SSSR count). The molecule has 4 aromatic rings. The molecule has 35 heavy (non-hydrogen) atoms. The van der Waals surface area contributed by atoms with Gasteiger partial charge in [-0.1, -0.05) is 12.1 Å². The van der Waals surface area contributed by atoms with E-state index in [-0.39, 0.29) is 23.6 Å². The van der Waals surface area contributed by atoms with E-state index >= 15 is 0 Å². The van der Waals surface area contributed by atoms with Crippen LogP contribution in [-0.4, -0.2) is 70.8 Å². The van der Waals surface area contributed by atoms with E-state index in [1.807, 2.05) is 19.1 Å². The number of fused-ring (bicyclic) bond motifs is 1. The summed E-state index contributed by atoms with van der Waals surface area (Å²) in [5, 5.41) is 3.97. The van der Waals surface area contributed by atoms with Crippen molar-refractivity contribution in [1.82, 2.24) is 38.7 Å². The topological polar surface area (TPSA) is 137 Å². The second kappa shape index (κ2) is 8.81. The first-order chi connectivity index (χ1) is 16.9. The van der Waals surface area contributed by atoms with E-state index in [1.165, 1.54) is 22.5 Å². The maximum Gasteiger partial charge on any atom is 0.332 e. The van der Waals surface area contributed by atoms with Crippen molar-refractivity contribution in [2.24, 2.45) is 14.1 Å². The Morgan fingerprint density at radius 3 is 2.49 bits per heavy atom. The second-order valence-corrected chi connectivity index (χ2v) is 8.39. The number of pyridine rings is 1. The Balaban J connectivity index is 1.24. The van der Waals surface area contributed by atoms with Gasteiger partial charge < -0.3 is 18.9 Å². The van der Waals surface area contributed by atoms with Crippen molar-refractivity contribution in [3.05, 3.63) is 51.4 Å². The summed E-state index contributed by atoms with van der Waals surface area (Å²) in [5.74, 6) is 1.79. The number of aryl methyl sites for hydroxylation is 2. The number of anilines is 1. The molecule has 0 radical (unpaired) electrons. The molecule has 0 bridgehead atoms. The first-order valence-electron chi connectivity index (χ1n) is 11.3. The van der Waals surface area contributed by atoms with E-state index in [1.54, 1.807) is 18.1 Å². The molecule has 1 fully saturated rings. The Morgan fingerprint density at radius 1 is 1.06 bits per heavy atom. The van der Waals surface area contributed by atoms with Gasteiger partial charge in [0.25, 0.3) is 5.56 Å². The standard InChI is InChI=1S/C22H25N9O4/c1-4-16-25-19(26-35-16)14-5-6-15(23-11-14)29-7-9-30(10-8-29)17(32)12-31-13-24-20-18(31)21(33)28(3)22(34)27(20)2/h5-6,11,13H,4,7-10,12H2,1-3H3. The van der Waals surface area contributed by atoms with Crippen LogP contribution in [0.25, 0.3) is 22.6 Å². The van der Waals surface area contributed by atoms with Gasteiger partial charge in [-0.2, -0.15) is 4.98 Å². The molecular weight excluding hydrogens is 454 g/mol. The first kappa shape index (κ1) is 22.5. The number of amides is 1. The van der Waals surface area contributed by atoms with Crippen molar-refractivity contribution in [2.45, 2.75) is 19.9 Å². The Hall–Kier alpha value is -4.29. The molecule has 1 aliphatic rings. The van der Waals surface area contributed by atoms with E-state index in [2.05, 4.69) is 25.0 Å². The molecule has 0 unspecified atom stereocenters. The van der Waals surface area contributed by atoms with Crippen molar-refractivity contribution < 1.29 is 9.32 Å². The van der Waals surface area contributed by atoms with Crippen LogP contribution in [0.2, 0.25) is 0 Å². The molecule has 1 saturated heterocycles. The van der Waals surface area contributed by atoms with Crippen LogP contribution in [0.4, 0.5) is 5.82 Å². The predicted molar refractivity (Wildman–Crippen MR) is 126 cm³/mol. The molecular formula is C22H25N9O4. The lowest BCUT2D eigenvalue weighted by Gasteiger charge is -2.35. The minimum Gasteiger partial charge on any atom is -0.353 e. The molecule has 182 valence electrons. The van der Waals surface area contributed by atoms with Crippen molar-refractivity contribution in [3.63, 3.8) is 0 Å². The van der Waals surface area contributed by atoms with Gasteiger partial charge in [0.05, 0.1) is 6.33 Å². The average molecular weight is 480 g/mol. The van der Waals surface area contributed by atoms with Gasteiger partial charge in [0, 0.05) is 58.5 Å². The maximum absolute atomic E-state index is 13.0. The van der Waals surface area contributed by atoms with Crippen molar-refractivity contribution in [3.8, 4) is 11.4 Å². The summed E-state index contributed by atoms with van der Waals surface area (Å²) < 4.78 is 8.98. The fraction of sp³-hybridized carbons (Fsp3) is 0.409. The van der Waals surface area contributed by atoms with Crippen LogP contribution < -0.4 is 16.1 Å². The van der Waals surface area contributed by atoms with Crippen LogP contribution in [0.15, 0.2) is 38.8 Å².